The Morgan fingerprint density at radius 3 is 2.70 bits per heavy atom. The van der Waals surface area contributed by atoms with Crippen molar-refractivity contribution in [3.05, 3.63) is 56.7 Å². The Morgan fingerprint density at radius 2 is 2.00 bits per heavy atom. The van der Waals surface area contributed by atoms with Crippen molar-refractivity contribution in [1.82, 2.24) is 9.55 Å². The first-order valence-corrected chi connectivity index (χ1v) is 12.6. The summed E-state index contributed by atoms with van der Waals surface area (Å²) in [6.45, 7) is 9.97. The van der Waals surface area contributed by atoms with Crippen LogP contribution in [0, 0.1) is 11.8 Å². The van der Waals surface area contributed by atoms with Gasteiger partial charge in [-0.25, -0.2) is 4.98 Å². The van der Waals surface area contributed by atoms with Crippen LogP contribution in [0.3, 0.4) is 0 Å². The molecule has 0 unspecified atom stereocenters. The van der Waals surface area contributed by atoms with E-state index in [0.717, 1.165) is 45.1 Å². The van der Waals surface area contributed by atoms with E-state index in [9.17, 15) is 4.79 Å². The van der Waals surface area contributed by atoms with Crippen molar-refractivity contribution >= 4 is 33.3 Å². The van der Waals surface area contributed by atoms with Crippen LogP contribution >= 0.6 is 23.1 Å². The summed E-state index contributed by atoms with van der Waals surface area (Å²) in [5.74, 6) is 2.03. The van der Waals surface area contributed by atoms with Gasteiger partial charge in [-0.15, -0.1) is 11.3 Å². The molecule has 0 saturated heterocycles. The van der Waals surface area contributed by atoms with Crippen molar-refractivity contribution in [3.63, 3.8) is 0 Å². The summed E-state index contributed by atoms with van der Waals surface area (Å²) >= 11 is 3.34. The van der Waals surface area contributed by atoms with Crippen molar-refractivity contribution < 1.29 is 4.74 Å². The highest BCUT2D eigenvalue weighted by atomic mass is 32.2. The van der Waals surface area contributed by atoms with E-state index in [2.05, 4.69) is 39.8 Å². The van der Waals surface area contributed by atoms with Gasteiger partial charge in [0.2, 0.25) is 0 Å². The lowest BCUT2D eigenvalue weighted by Crippen LogP contribution is -2.28. The van der Waals surface area contributed by atoms with Crippen molar-refractivity contribution in [3.8, 4) is 0 Å². The fourth-order valence-electron chi connectivity index (χ4n) is 3.77. The number of thioether (sulfide) groups is 1. The number of thiophene rings is 1. The van der Waals surface area contributed by atoms with Crippen molar-refractivity contribution in [2.75, 3.05) is 5.75 Å². The summed E-state index contributed by atoms with van der Waals surface area (Å²) in [6.07, 6.45) is 2.07. The van der Waals surface area contributed by atoms with Crippen LogP contribution < -0.4 is 5.56 Å². The van der Waals surface area contributed by atoms with Gasteiger partial charge in [-0.1, -0.05) is 69.8 Å². The second-order valence-electron chi connectivity index (χ2n) is 8.78. The first kappa shape index (κ1) is 21.6. The van der Waals surface area contributed by atoms with Crippen molar-refractivity contribution in [2.45, 2.75) is 64.9 Å². The Labute approximate surface area is 186 Å². The number of fused-ring (bicyclic) bond motifs is 3. The molecule has 6 heteroatoms. The molecule has 1 atom stereocenters. The van der Waals surface area contributed by atoms with Gasteiger partial charge in [0.05, 0.1) is 24.6 Å². The molecule has 30 heavy (non-hydrogen) atoms. The Bertz CT molecular complexity index is 1070. The van der Waals surface area contributed by atoms with E-state index >= 15 is 0 Å². The van der Waals surface area contributed by atoms with Crippen molar-refractivity contribution in [1.29, 1.82) is 0 Å². The molecule has 0 N–H and O–H groups in total. The van der Waals surface area contributed by atoms with Crippen LogP contribution in [-0.2, 0) is 24.3 Å². The molecule has 4 rings (SSSR count). The molecule has 0 aliphatic carbocycles. The third-order valence-corrected chi connectivity index (χ3v) is 7.76. The van der Waals surface area contributed by atoms with Crippen LogP contribution in [0.4, 0.5) is 0 Å². The summed E-state index contributed by atoms with van der Waals surface area (Å²) in [6, 6.07) is 10.2. The molecule has 4 nitrogen and oxygen atoms in total. The molecule has 0 radical (unpaired) electrons. The van der Waals surface area contributed by atoms with Gasteiger partial charge in [0.25, 0.3) is 5.56 Å². The zero-order chi connectivity index (χ0) is 21.3. The first-order valence-electron chi connectivity index (χ1n) is 10.8. The number of rotatable bonds is 7. The molecular weight excluding hydrogens is 412 g/mol. The zero-order valence-corrected chi connectivity index (χ0v) is 19.8. The molecular formula is C24H30N2O2S2. The molecule has 1 aliphatic heterocycles. The molecule has 0 spiro atoms. The average Bonchev–Trinajstić information content (AvgIpc) is 3.08. The maximum atomic E-state index is 13.7. The van der Waals surface area contributed by atoms with E-state index in [1.54, 1.807) is 23.1 Å². The van der Waals surface area contributed by atoms with Crippen LogP contribution in [0.2, 0.25) is 0 Å². The number of hydrogen-bond acceptors (Lipinski definition) is 5. The monoisotopic (exact) mass is 442 g/mol. The summed E-state index contributed by atoms with van der Waals surface area (Å²) in [4.78, 5) is 20.8. The molecule has 0 fully saturated rings. The van der Waals surface area contributed by atoms with Gasteiger partial charge in [-0.2, -0.15) is 0 Å². The highest BCUT2D eigenvalue weighted by molar-refractivity contribution is 7.99. The third-order valence-electron chi connectivity index (χ3n) is 5.65. The van der Waals surface area contributed by atoms with Gasteiger partial charge in [-0.05, 0) is 29.4 Å². The maximum absolute atomic E-state index is 13.7. The fraction of sp³-hybridized carbons (Fsp3) is 0.500. The predicted octanol–water partition coefficient (Wildman–Crippen LogP) is 5.74. The molecule has 1 aromatic carbocycles. The maximum Gasteiger partial charge on any atom is 0.263 e. The number of ether oxygens (including phenoxy) is 1. The number of hydrogen-bond donors (Lipinski definition) is 0. The number of aromatic nitrogens is 2. The molecule has 2 aromatic heterocycles. The Hall–Kier alpha value is -1.63. The molecule has 0 amide bonds. The molecule has 0 bridgehead atoms. The van der Waals surface area contributed by atoms with E-state index in [-0.39, 0.29) is 11.7 Å². The van der Waals surface area contributed by atoms with Gasteiger partial charge < -0.3 is 4.74 Å². The SMILES string of the molecule is CC(C)CCSc1nc2sc3c(c2c(=O)n1Cc1ccccc1)C[C@H](C(C)C)OC3. The highest BCUT2D eigenvalue weighted by Crippen LogP contribution is 2.36. The summed E-state index contributed by atoms with van der Waals surface area (Å²) in [5, 5.41) is 1.64. The third kappa shape index (κ3) is 4.51. The van der Waals surface area contributed by atoms with Crippen LogP contribution in [0.5, 0.6) is 0 Å². The smallest absolute Gasteiger partial charge is 0.263 e. The lowest BCUT2D eigenvalue weighted by atomic mass is 9.96. The fourth-order valence-corrected chi connectivity index (χ4v) is 6.17. The lowest BCUT2D eigenvalue weighted by Gasteiger charge is -2.26. The average molecular weight is 443 g/mol. The van der Waals surface area contributed by atoms with Gasteiger partial charge in [0.1, 0.15) is 4.83 Å². The summed E-state index contributed by atoms with van der Waals surface area (Å²) in [7, 11) is 0. The van der Waals surface area contributed by atoms with Gasteiger partial charge in [0, 0.05) is 17.1 Å². The quantitative estimate of drug-likeness (QED) is 0.346. The van der Waals surface area contributed by atoms with Gasteiger partial charge >= 0.3 is 0 Å². The lowest BCUT2D eigenvalue weighted by molar-refractivity contribution is 0.00200. The predicted molar refractivity (Wildman–Crippen MR) is 127 cm³/mol. The first-order chi connectivity index (χ1) is 14.4. The topological polar surface area (TPSA) is 44.1 Å². The van der Waals surface area contributed by atoms with Crippen LogP contribution in [0.25, 0.3) is 10.2 Å². The molecule has 1 aliphatic rings. The minimum absolute atomic E-state index is 0.0952. The second-order valence-corrected chi connectivity index (χ2v) is 10.9. The summed E-state index contributed by atoms with van der Waals surface area (Å²) < 4.78 is 7.94. The van der Waals surface area contributed by atoms with E-state index in [0.29, 0.717) is 25.0 Å². The Morgan fingerprint density at radius 1 is 1.23 bits per heavy atom. The summed E-state index contributed by atoms with van der Waals surface area (Å²) in [5.41, 5.74) is 2.38. The number of benzene rings is 1. The van der Waals surface area contributed by atoms with Gasteiger partial charge in [-0.3, -0.25) is 9.36 Å². The van der Waals surface area contributed by atoms with E-state index in [1.807, 2.05) is 22.8 Å². The van der Waals surface area contributed by atoms with Crippen LogP contribution in [-0.4, -0.2) is 21.4 Å². The normalized spacial score (nSPS) is 16.5. The van der Waals surface area contributed by atoms with Crippen LogP contribution in [0.15, 0.2) is 40.3 Å². The second kappa shape index (κ2) is 9.25. The molecule has 160 valence electrons. The van der Waals surface area contributed by atoms with Crippen molar-refractivity contribution in [2.24, 2.45) is 11.8 Å². The van der Waals surface area contributed by atoms with E-state index in [4.69, 9.17) is 9.72 Å². The minimum Gasteiger partial charge on any atom is -0.372 e. The molecule has 0 saturated carbocycles. The van der Waals surface area contributed by atoms with E-state index < -0.39 is 0 Å². The standard InChI is InChI=1S/C24H30N2O2S2/c1-15(2)10-11-29-24-25-22-21(18-12-19(16(3)4)28-14-20(18)30-22)23(27)26(24)13-17-8-6-5-7-9-17/h5-9,15-16,19H,10-14H2,1-4H3/t19-/m1/s1. The van der Waals surface area contributed by atoms with E-state index in [1.165, 1.54) is 4.88 Å². The Kier molecular flexibility index (Phi) is 6.66. The zero-order valence-electron chi connectivity index (χ0n) is 18.2. The molecule has 3 aromatic rings. The van der Waals surface area contributed by atoms with Gasteiger partial charge in [0.15, 0.2) is 5.16 Å². The van der Waals surface area contributed by atoms with Crippen LogP contribution in [0.1, 0.15) is 50.1 Å². The minimum atomic E-state index is 0.0952. The Balaban J connectivity index is 1.79. The highest BCUT2D eigenvalue weighted by Gasteiger charge is 2.28. The largest absolute Gasteiger partial charge is 0.372 e. The molecule has 3 heterocycles. The number of nitrogens with zero attached hydrogens (tertiary/aromatic N) is 2.